The number of aliphatic imine (C=N–C) groups is 1. The van der Waals surface area contributed by atoms with E-state index in [0.29, 0.717) is 18.2 Å². The van der Waals surface area contributed by atoms with Crippen molar-refractivity contribution in [1.82, 2.24) is 15.2 Å². The van der Waals surface area contributed by atoms with Crippen LogP contribution in [0.4, 0.5) is 5.69 Å². The molecule has 1 aromatic carbocycles. The summed E-state index contributed by atoms with van der Waals surface area (Å²) < 4.78 is 5.59. The smallest absolute Gasteiger partial charge is 0.236 e. The number of nitrogens with zero attached hydrogens (tertiary/aromatic N) is 4. The van der Waals surface area contributed by atoms with Gasteiger partial charge in [0.05, 0.1) is 17.1 Å². The largest absolute Gasteiger partial charge is 0.506 e. The van der Waals surface area contributed by atoms with E-state index in [0.717, 1.165) is 54.9 Å². The number of oxazole rings is 1. The van der Waals surface area contributed by atoms with Gasteiger partial charge < -0.3 is 24.6 Å². The maximum atomic E-state index is 10.1. The van der Waals surface area contributed by atoms with Crippen LogP contribution in [0.15, 0.2) is 57.5 Å². The second-order valence-corrected chi connectivity index (χ2v) is 7.70. The molecule has 1 saturated heterocycles. The highest BCUT2D eigenvalue weighted by Crippen LogP contribution is 2.27. The van der Waals surface area contributed by atoms with Crippen molar-refractivity contribution in [3.63, 3.8) is 0 Å². The Bertz CT molecular complexity index is 952. The molecule has 7 nitrogen and oxygen atoms in total. The molecule has 0 aliphatic carbocycles. The van der Waals surface area contributed by atoms with Crippen LogP contribution in [0.1, 0.15) is 12.6 Å². The molecule has 3 aromatic rings. The number of piperazine rings is 1. The van der Waals surface area contributed by atoms with Gasteiger partial charge in [0.2, 0.25) is 5.89 Å². The molecule has 2 N–H and O–H groups in total. The normalized spacial score (nSPS) is 14.5. The number of para-hydroxylation sites is 2. The van der Waals surface area contributed by atoms with Crippen molar-refractivity contribution in [2.45, 2.75) is 13.5 Å². The summed E-state index contributed by atoms with van der Waals surface area (Å²) in [7, 11) is 0. The Morgan fingerprint density at radius 3 is 2.70 bits per heavy atom. The SMILES string of the molecule is CCNC(=NCc1coc(-c2cccs2)n1)N1CCN(c2ccccc2O)CC1.I. The summed E-state index contributed by atoms with van der Waals surface area (Å²) in [6.45, 7) is 6.66. The minimum absolute atomic E-state index is 0. The number of anilines is 1. The van der Waals surface area contributed by atoms with Crippen LogP contribution in [0.3, 0.4) is 0 Å². The van der Waals surface area contributed by atoms with Crippen LogP contribution >= 0.6 is 35.3 Å². The molecule has 2 aromatic heterocycles. The number of benzene rings is 1. The fourth-order valence-electron chi connectivity index (χ4n) is 3.37. The maximum Gasteiger partial charge on any atom is 0.236 e. The van der Waals surface area contributed by atoms with E-state index in [-0.39, 0.29) is 24.0 Å². The van der Waals surface area contributed by atoms with Crippen molar-refractivity contribution in [1.29, 1.82) is 0 Å². The number of rotatable bonds is 5. The Kier molecular flexibility index (Phi) is 7.97. The van der Waals surface area contributed by atoms with Gasteiger partial charge in [-0.2, -0.15) is 0 Å². The van der Waals surface area contributed by atoms with Gasteiger partial charge in [0.25, 0.3) is 0 Å². The van der Waals surface area contributed by atoms with E-state index in [1.54, 1.807) is 23.7 Å². The van der Waals surface area contributed by atoms with Gasteiger partial charge in [-0.25, -0.2) is 9.98 Å². The molecule has 9 heteroatoms. The lowest BCUT2D eigenvalue weighted by molar-refractivity contribution is 0.369. The number of aromatic hydroxyl groups is 1. The minimum atomic E-state index is 0. The number of aromatic nitrogens is 1. The van der Waals surface area contributed by atoms with Gasteiger partial charge in [-0.15, -0.1) is 35.3 Å². The minimum Gasteiger partial charge on any atom is -0.506 e. The number of halogens is 1. The standard InChI is InChI=1S/C21H25N5O2S.HI/c1-2-22-21(23-14-16-15-28-20(24-16)19-8-5-13-29-19)26-11-9-25(10-12-26)17-6-3-4-7-18(17)27;/h3-8,13,15,27H,2,9-12,14H2,1H3,(H,22,23);1H. The predicted octanol–water partition coefficient (Wildman–Crippen LogP) is 4.01. The molecule has 0 saturated carbocycles. The lowest BCUT2D eigenvalue weighted by Gasteiger charge is -2.37. The Balaban J connectivity index is 0.00000256. The van der Waals surface area contributed by atoms with Gasteiger partial charge in [-0.05, 0) is 30.5 Å². The van der Waals surface area contributed by atoms with Gasteiger partial charge in [0.15, 0.2) is 5.96 Å². The zero-order valence-corrected chi connectivity index (χ0v) is 20.0. The molecule has 0 atom stereocenters. The lowest BCUT2D eigenvalue weighted by atomic mass is 10.2. The fourth-order valence-corrected chi connectivity index (χ4v) is 4.02. The summed E-state index contributed by atoms with van der Waals surface area (Å²) >= 11 is 1.61. The molecular weight excluding hydrogens is 513 g/mol. The first-order valence-corrected chi connectivity index (χ1v) is 10.7. The van der Waals surface area contributed by atoms with Gasteiger partial charge in [-0.1, -0.05) is 18.2 Å². The topological polar surface area (TPSA) is 77.1 Å². The molecule has 0 radical (unpaired) electrons. The van der Waals surface area contributed by atoms with Crippen molar-refractivity contribution in [3.05, 3.63) is 53.7 Å². The monoisotopic (exact) mass is 539 g/mol. The quantitative estimate of drug-likeness (QED) is 0.290. The third kappa shape index (κ3) is 5.25. The number of nitrogens with one attached hydrogen (secondary N) is 1. The van der Waals surface area contributed by atoms with Crippen LogP contribution in [-0.2, 0) is 6.54 Å². The zero-order chi connectivity index (χ0) is 20.1. The lowest BCUT2D eigenvalue weighted by Crippen LogP contribution is -2.52. The summed E-state index contributed by atoms with van der Waals surface area (Å²) in [6.07, 6.45) is 1.68. The Morgan fingerprint density at radius 1 is 1.20 bits per heavy atom. The van der Waals surface area contributed by atoms with E-state index in [1.807, 2.05) is 35.7 Å². The Hall–Kier alpha value is -2.27. The molecule has 0 amide bonds. The second-order valence-electron chi connectivity index (χ2n) is 6.75. The fraction of sp³-hybridized carbons (Fsp3) is 0.333. The predicted molar refractivity (Wildman–Crippen MR) is 132 cm³/mol. The second kappa shape index (κ2) is 10.7. The van der Waals surface area contributed by atoms with Crippen LogP contribution in [0.2, 0.25) is 0 Å². The van der Waals surface area contributed by atoms with Crippen molar-refractivity contribution >= 4 is 47.0 Å². The number of hydrogen-bond donors (Lipinski definition) is 2. The van der Waals surface area contributed by atoms with Gasteiger partial charge in [-0.3, -0.25) is 0 Å². The summed E-state index contributed by atoms with van der Waals surface area (Å²) in [5, 5.41) is 15.5. The Labute approximate surface area is 197 Å². The van der Waals surface area contributed by atoms with Crippen LogP contribution in [0.25, 0.3) is 10.8 Å². The molecule has 0 unspecified atom stereocenters. The number of guanidine groups is 1. The summed E-state index contributed by atoms with van der Waals surface area (Å²) in [5.41, 5.74) is 1.70. The molecule has 0 spiro atoms. The van der Waals surface area contributed by atoms with E-state index in [2.05, 4.69) is 27.0 Å². The third-order valence-electron chi connectivity index (χ3n) is 4.81. The summed E-state index contributed by atoms with van der Waals surface area (Å²) in [4.78, 5) is 14.8. The van der Waals surface area contributed by atoms with Gasteiger partial charge >= 0.3 is 0 Å². The molecular formula is C21H26IN5O2S. The van der Waals surface area contributed by atoms with E-state index < -0.39 is 0 Å². The first-order chi connectivity index (χ1) is 14.2. The van der Waals surface area contributed by atoms with E-state index >= 15 is 0 Å². The van der Waals surface area contributed by atoms with Crippen molar-refractivity contribution < 1.29 is 9.52 Å². The highest BCUT2D eigenvalue weighted by molar-refractivity contribution is 14.0. The van der Waals surface area contributed by atoms with Crippen molar-refractivity contribution in [2.24, 2.45) is 4.99 Å². The average molecular weight is 539 g/mol. The molecule has 1 aliphatic heterocycles. The van der Waals surface area contributed by atoms with E-state index in [9.17, 15) is 5.11 Å². The number of hydrogen-bond acceptors (Lipinski definition) is 6. The molecule has 30 heavy (non-hydrogen) atoms. The maximum absolute atomic E-state index is 10.1. The first kappa shape index (κ1) is 22.4. The number of phenols is 1. The van der Waals surface area contributed by atoms with Crippen molar-refractivity contribution in [2.75, 3.05) is 37.6 Å². The van der Waals surface area contributed by atoms with Crippen LogP contribution in [-0.4, -0.2) is 53.7 Å². The summed E-state index contributed by atoms with van der Waals surface area (Å²) in [6, 6.07) is 11.5. The third-order valence-corrected chi connectivity index (χ3v) is 5.67. The molecule has 0 bridgehead atoms. The average Bonchev–Trinajstić information content (AvgIpc) is 3.43. The molecule has 3 heterocycles. The van der Waals surface area contributed by atoms with E-state index in [4.69, 9.17) is 9.41 Å². The van der Waals surface area contributed by atoms with E-state index in [1.165, 1.54) is 0 Å². The molecule has 4 rings (SSSR count). The summed E-state index contributed by atoms with van der Waals surface area (Å²) in [5.74, 6) is 1.85. The van der Waals surface area contributed by atoms with Crippen molar-refractivity contribution in [3.8, 4) is 16.5 Å². The highest BCUT2D eigenvalue weighted by Gasteiger charge is 2.21. The number of thiophene rings is 1. The van der Waals surface area contributed by atoms with Crippen LogP contribution in [0.5, 0.6) is 5.75 Å². The zero-order valence-electron chi connectivity index (χ0n) is 16.8. The molecule has 1 aliphatic rings. The highest BCUT2D eigenvalue weighted by atomic mass is 127. The molecule has 160 valence electrons. The van der Waals surface area contributed by atoms with Gasteiger partial charge in [0.1, 0.15) is 17.7 Å². The Morgan fingerprint density at radius 2 is 2.00 bits per heavy atom. The first-order valence-electron chi connectivity index (χ1n) is 9.79. The molecule has 1 fully saturated rings. The van der Waals surface area contributed by atoms with Gasteiger partial charge in [0, 0.05) is 32.7 Å². The van der Waals surface area contributed by atoms with Crippen LogP contribution < -0.4 is 10.2 Å². The number of phenolic OH excluding ortho intramolecular Hbond substituents is 1. The van der Waals surface area contributed by atoms with Crippen LogP contribution in [0, 0.1) is 0 Å².